The quantitative estimate of drug-likeness (QED) is 0.654. The molecule has 0 aliphatic heterocycles. The fourth-order valence-corrected chi connectivity index (χ4v) is 4.00. The summed E-state index contributed by atoms with van der Waals surface area (Å²) in [5, 5.41) is -0.0977. The summed E-state index contributed by atoms with van der Waals surface area (Å²) in [6.07, 6.45) is 1.69. The summed E-state index contributed by atoms with van der Waals surface area (Å²) in [4.78, 5) is 15.3. The second kappa shape index (κ2) is 7.49. The standard InChI is InChI=1S/C17H13Cl2N3O3S/c18-15-9-8-14(17(19)20-15)26(24,25)21-13-6-4-12(5-7-13)11-22-10-2-1-3-16(22)23/h1-10,21H,11H2. The van der Waals surface area contributed by atoms with Gasteiger partial charge in [0.2, 0.25) is 0 Å². The van der Waals surface area contributed by atoms with E-state index in [4.69, 9.17) is 23.2 Å². The van der Waals surface area contributed by atoms with Crippen LogP contribution in [-0.2, 0) is 16.6 Å². The topological polar surface area (TPSA) is 81.1 Å². The van der Waals surface area contributed by atoms with Crippen molar-refractivity contribution in [3.63, 3.8) is 0 Å². The molecule has 0 aliphatic rings. The lowest BCUT2D eigenvalue weighted by Gasteiger charge is -2.10. The molecule has 2 aromatic heterocycles. The van der Waals surface area contributed by atoms with E-state index in [1.165, 1.54) is 18.2 Å². The van der Waals surface area contributed by atoms with E-state index < -0.39 is 10.0 Å². The van der Waals surface area contributed by atoms with E-state index in [-0.39, 0.29) is 20.8 Å². The lowest BCUT2D eigenvalue weighted by molar-refractivity contribution is 0.601. The van der Waals surface area contributed by atoms with Crippen LogP contribution in [0.4, 0.5) is 5.69 Å². The van der Waals surface area contributed by atoms with E-state index in [9.17, 15) is 13.2 Å². The molecule has 0 bridgehead atoms. The molecule has 0 spiro atoms. The first-order valence-electron chi connectivity index (χ1n) is 7.44. The van der Waals surface area contributed by atoms with Crippen LogP contribution in [0, 0.1) is 0 Å². The minimum absolute atomic E-state index is 0.106. The van der Waals surface area contributed by atoms with Gasteiger partial charge in [-0.3, -0.25) is 9.52 Å². The number of halogens is 2. The van der Waals surface area contributed by atoms with Gasteiger partial charge < -0.3 is 4.57 Å². The molecule has 0 saturated carbocycles. The molecular weight excluding hydrogens is 397 g/mol. The predicted octanol–water partition coefficient (Wildman–Crippen LogP) is 3.40. The molecule has 0 fully saturated rings. The van der Waals surface area contributed by atoms with E-state index in [0.717, 1.165) is 5.56 Å². The van der Waals surface area contributed by atoms with Crippen LogP contribution < -0.4 is 10.3 Å². The van der Waals surface area contributed by atoms with Crippen molar-refractivity contribution in [3.05, 3.63) is 87.0 Å². The third-order valence-corrected chi connectivity index (χ3v) is 5.55. The lowest BCUT2D eigenvalue weighted by Crippen LogP contribution is -2.18. The predicted molar refractivity (Wildman–Crippen MR) is 101 cm³/mol. The van der Waals surface area contributed by atoms with Crippen LogP contribution in [-0.4, -0.2) is 18.0 Å². The maximum atomic E-state index is 12.4. The highest BCUT2D eigenvalue weighted by Gasteiger charge is 2.19. The Morgan fingerprint density at radius 2 is 1.73 bits per heavy atom. The summed E-state index contributed by atoms with van der Waals surface area (Å²) in [5.41, 5.74) is 1.11. The maximum Gasteiger partial charge on any atom is 0.264 e. The number of hydrogen-bond donors (Lipinski definition) is 1. The number of nitrogens with zero attached hydrogens (tertiary/aromatic N) is 2. The second-order valence-corrected chi connectivity index (χ2v) is 7.79. The van der Waals surface area contributed by atoms with Crippen LogP contribution in [0.1, 0.15) is 5.56 Å². The Kier molecular flexibility index (Phi) is 5.31. The fraction of sp³-hybridized carbons (Fsp3) is 0.0588. The second-order valence-electron chi connectivity index (χ2n) is 5.39. The Balaban J connectivity index is 1.78. The molecule has 1 aromatic carbocycles. The number of sulfonamides is 1. The summed E-state index contributed by atoms with van der Waals surface area (Å²) in [6.45, 7) is 0.389. The van der Waals surface area contributed by atoms with Crippen molar-refractivity contribution in [1.82, 2.24) is 9.55 Å². The summed E-state index contributed by atoms with van der Waals surface area (Å²) in [6, 6.07) is 14.3. The van der Waals surface area contributed by atoms with E-state index in [1.54, 1.807) is 47.2 Å². The number of aromatic nitrogens is 2. The first-order valence-corrected chi connectivity index (χ1v) is 9.68. The maximum absolute atomic E-state index is 12.4. The number of nitrogens with one attached hydrogen (secondary N) is 1. The molecule has 0 saturated heterocycles. The van der Waals surface area contributed by atoms with Crippen LogP contribution in [0.15, 0.2) is 70.5 Å². The van der Waals surface area contributed by atoms with Gasteiger partial charge in [-0.05, 0) is 35.9 Å². The van der Waals surface area contributed by atoms with Crippen LogP contribution >= 0.6 is 23.2 Å². The van der Waals surface area contributed by atoms with E-state index in [2.05, 4.69) is 9.71 Å². The third kappa shape index (κ3) is 4.24. The SMILES string of the molecule is O=c1ccccn1Cc1ccc(NS(=O)(=O)c2ccc(Cl)nc2Cl)cc1. The molecule has 6 nitrogen and oxygen atoms in total. The van der Waals surface area contributed by atoms with Crippen molar-refractivity contribution in [2.45, 2.75) is 11.4 Å². The molecule has 3 aromatic rings. The monoisotopic (exact) mass is 409 g/mol. The highest BCUT2D eigenvalue weighted by Crippen LogP contribution is 2.24. The van der Waals surface area contributed by atoms with Crippen molar-refractivity contribution in [1.29, 1.82) is 0 Å². The molecule has 3 rings (SSSR count). The van der Waals surface area contributed by atoms with Gasteiger partial charge in [0.1, 0.15) is 10.0 Å². The van der Waals surface area contributed by atoms with Crippen LogP contribution in [0.2, 0.25) is 10.3 Å². The van der Waals surface area contributed by atoms with Crippen LogP contribution in [0.25, 0.3) is 0 Å². The van der Waals surface area contributed by atoms with Gasteiger partial charge in [-0.15, -0.1) is 0 Å². The number of rotatable bonds is 5. The Bertz CT molecular complexity index is 1100. The Morgan fingerprint density at radius 3 is 2.38 bits per heavy atom. The van der Waals surface area contributed by atoms with Crippen LogP contribution in [0.5, 0.6) is 0 Å². The van der Waals surface area contributed by atoms with Gasteiger partial charge in [-0.25, -0.2) is 13.4 Å². The Hall–Kier alpha value is -2.35. The highest BCUT2D eigenvalue weighted by atomic mass is 35.5. The molecule has 0 atom stereocenters. The molecule has 9 heteroatoms. The van der Waals surface area contributed by atoms with Gasteiger partial charge in [0.15, 0.2) is 5.15 Å². The normalized spacial score (nSPS) is 11.3. The molecule has 26 heavy (non-hydrogen) atoms. The Morgan fingerprint density at radius 1 is 1.00 bits per heavy atom. The number of benzene rings is 1. The van der Waals surface area contributed by atoms with Gasteiger partial charge in [-0.2, -0.15) is 0 Å². The molecule has 1 N–H and O–H groups in total. The van der Waals surface area contributed by atoms with Crippen molar-refractivity contribution in [3.8, 4) is 0 Å². The number of anilines is 1. The average molecular weight is 410 g/mol. The smallest absolute Gasteiger partial charge is 0.264 e. The number of hydrogen-bond acceptors (Lipinski definition) is 4. The lowest BCUT2D eigenvalue weighted by atomic mass is 10.2. The average Bonchev–Trinajstić information content (AvgIpc) is 2.58. The molecule has 0 aliphatic carbocycles. The van der Waals surface area contributed by atoms with Crippen molar-refractivity contribution >= 4 is 38.9 Å². The molecule has 134 valence electrons. The molecule has 0 amide bonds. The zero-order valence-corrected chi connectivity index (χ0v) is 15.6. The number of pyridine rings is 2. The van der Waals surface area contributed by atoms with Crippen molar-refractivity contribution in [2.24, 2.45) is 0 Å². The van der Waals surface area contributed by atoms with Gasteiger partial charge >= 0.3 is 0 Å². The summed E-state index contributed by atoms with van der Waals surface area (Å²) in [7, 11) is -3.90. The van der Waals surface area contributed by atoms with Crippen molar-refractivity contribution in [2.75, 3.05) is 4.72 Å². The molecule has 0 unspecified atom stereocenters. The zero-order chi connectivity index (χ0) is 18.7. The summed E-state index contributed by atoms with van der Waals surface area (Å²) >= 11 is 11.6. The van der Waals surface area contributed by atoms with Crippen molar-refractivity contribution < 1.29 is 8.42 Å². The third-order valence-electron chi connectivity index (χ3n) is 3.53. The Labute approximate surface area is 160 Å². The molecular formula is C17H13Cl2N3O3S. The van der Waals surface area contributed by atoms with Crippen LogP contribution in [0.3, 0.4) is 0 Å². The van der Waals surface area contributed by atoms with Gasteiger partial charge in [0, 0.05) is 18.0 Å². The van der Waals surface area contributed by atoms with E-state index in [1.807, 2.05) is 0 Å². The van der Waals surface area contributed by atoms with Gasteiger partial charge in [0.05, 0.1) is 6.54 Å². The summed E-state index contributed by atoms with van der Waals surface area (Å²) in [5.74, 6) is 0. The molecule has 0 radical (unpaired) electrons. The van der Waals surface area contributed by atoms with Gasteiger partial charge in [0.25, 0.3) is 15.6 Å². The first kappa shape index (κ1) is 18.4. The fourth-order valence-electron chi connectivity index (χ4n) is 2.28. The highest BCUT2D eigenvalue weighted by molar-refractivity contribution is 7.92. The van der Waals surface area contributed by atoms with Gasteiger partial charge in [-0.1, -0.05) is 41.4 Å². The minimum atomic E-state index is -3.90. The minimum Gasteiger partial charge on any atom is -0.311 e. The largest absolute Gasteiger partial charge is 0.311 e. The molecule has 2 heterocycles. The van der Waals surface area contributed by atoms with E-state index >= 15 is 0 Å². The van der Waals surface area contributed by atoms with E-state index in [0.29, 0.717) is 12.2 Å². The summed E-state index contributed by atoms with van der Waals surface area (Å²) < 4.78 is 28.8. The zero-order valence-electron chi connectivity index (χ0n) is 13.3. The first-order chi connectivity index (χ1) is 12.3.